The maximum Gasteiger partial charge on any atom is 0.311 e. The fraction of sp³-hybridized carbons (Fsp3) is 0.581. The number of furan rings is 1. The van der Waals surface area contributed by atoms with Crippen molar-refractivity contribution in [3.05, 3.63) is 71.7 Å². The first-order valence-corrected chi connectivity index (χ1v) is 13.3. The van der Waals surface area contributed by atoms with Gasteiger partial charge in [-0.2, -0.15) is 0 Å². The van der Waals surface area contributed by atoms with Crippen LogP contribution in [0.5, 0.6) is 0 Å². The summed E-state index contributed by atoms with van der Waals surface area (Å²) in [4.78, 5) is 12.9. The molecule has 2 aliphatic carbocycles. The number of fused-ring (bicyclic) bond motifs is 1. The third-order valence-corrected chi connectivity index (χ3v) is 9.24. The SMILES string of the molecule is C=C1CC[C@@H]2[C@@](C)(CCC[C@]2(C)C(=O)OC)[C@@H]1CCc1ccoc1C[N+](C)(C)Cc1ccccc1. The Hall–Kier alpha value is -2.33. The van der Waals surface area contributed by atoms with Crippen LogP contribution in [-0.2, 0) is 29.0 Å². The van der Waals surface area contributed by atoms with Gasteiger partial charge in [0.25, 0.3) is 0 Å². The summed E-state index contributed by atoms with van der Waals surface area (Å²) in [5, 5.41) is 0. The van der Waals surface area contributed by atoms with Crippen molar-refractivity contribution in [3.63, 3.8) is 0 Å². The van der Waals surface area contributed by atoms with E-state index >= 15 is 0 Å². The second-order valence-corrected chi connectivity index (χ2v) is 12.2. The lowest BCUT2D eigenvalue weighted by Crippen LogP contribution is -2.53. The highest BCUT2D eigenvalue weighted by Crippen LogP contribution is 2.62. The standard InChI is InChI=1S/C31H44NO3/c1-23-13-16-28-30(2,18-10-19-31(28,3)29(33)34-6)26(23)15-14-25-17-20-35-27(25)22-32(4,5)21-24-11-8-7-9-12-24/h7-9,11-12,17,20,26,28H,1,10,13-16,18-19,21-22H2,2-6H3/q+1/t26-,28-,30+,31+/m1/s1. The number of ether oxygens (including phenoxy) is 1. The van der Waals surface area contributed by atoms with Crippen molar-refractivity contribution in [1.29, 1.82) is 0 Å². The summed E-state index contributed by atoms with van der Waals surface area (Å²) in [5.74, 6) is 1.82. The summed E-state index contributed by atoms with van der Waals surface area (Å²) in [6.45, 7) is 10.9. The van der Waals surface area contributed by atoms with Gasteiger partial charge in [0.2, 0.25) is 0 Å². The highest BCUT2D eigenvalue weighted by atomic mass is 16.5. The van der Waals surface area contributed by atoms with E-state index in [0.717, 1.165) is 68.3 Å². The molecule has 2 aliphatic rings. The number of allylic oxidation sites excluding steroid dienone is 1. The zero-order chi connectivity index (χ0) is 25.3. The average Bonchev–Trinajstić information content (AvgIpc) is 3.24. The van der Waals surface area contributed by atoms with Crippen LogP contribution in [0.15, 0.2) is 59.2 Å². The number of quaternary nitrogens is 1. The van der Waals surface area contributed by atoms with E-state index < -0.39 is 0 Å². The lowest BCUT2D eigenvalue weighted by atomic mass is 9.46. The second kappa shape index (κ2) is 9.97. The molecule has 1 aromatic heterocycles. The number of hydrogen-bond acceptors (Lipinski definition) is 3. The molecule has 4 nitrogen and oxygen atoms in total. The van der Waals surface area contributed by atoms with E-state index in [1.54, 1.807) is 0 Å². The second-order valence-electron chi connectivity index (χ2n) is 12.2. The predicted molar refractivity (Wildman–Crippen MR) is 140 cm³/mol. The van der Waals surface area contributed by atoms with Crippen LogP contribution in [0.4, 0.5) is 0 Å². The van der Waals surface area contributed by atoms with Gasteiger partial charge in [0.1, 0.15) is 13.1 Å². The Morgan fingerprint density at radius 2 is 1.89 bits per heavy atom. The Balaban J connectivity index is 1.48. The number of nitrogens with zero attached hydrogens (tertiary/aromatic N) is 1. The number of esters is 1. The molecule has 0 bridgehead atoms. The van der Waals surface area contributed by atoms with Crippen molar-refractivity contribution in [1.82, 2.24) is 0 Å². The van der Waals surface area contributed by atoms with Crippen LogP contribution in [0.1, 0.15) is 69.3 Å². The molecule has 0 N–H and O–H groups in total. The number of benzene rings is 1. The maximum atomic E-state index is 12.9. The molecule has 2 saturated carbocycles. The zero-order valence-corrected chi connectivity index (χ0v) is 22.4. The molecule has 2 aromatic rings. The number of hydrogen-bond donors (Lipinski definition) is 0. The molecule has 190 valence electrons. The molecule has 0 radical (unpaired) electrons. The fourth-order valence-electron chi connectivity index (χ4n) is 7.51. The highest BCUT2D eigenvalue weighted by Gasteiger charge is 2.57. The molecule has 0 unspecified atom stereocenters. The smallest absolute Gasteiger partial charge is 0.311 e. The molecule has 4 atom stereocenters. The molecule has 0 spiro atoms. The van der Waals surface area contributed by atoms with Crippen LogP contribution in [0.3, 0.4) is 0 Å². The van der Waals surface area contributed by atoms with Gasteiger partial charge >= 0.3 is 5.97 Å². The van der Waals surface area contributed by atoms with Crippen molar-refractivity contribution in [2.45, 2.75) is 71.9 Å². The van der Waals surface area contributed by atoms with E-state index in [0.29, 0.717) is 11.8 Å². The highest BCUT2D eigenvalue weighted by molar-refractivity contribution is 5.77. The normalized spacial score (nSPS) is 29.0. The minimum absolute atomic E-state index is 0.0322. The van der Waals surface area contributed by atoms with Gasteiger partial charge in [0.05, 0.1) is 32.9 Å². The molecule has 1 aromatic carbocycles. The van der Waals surface area contributed by atoms with Crippen LogP contribution in [0, 0.1) is 22.7 Å². The summed E-state index contributed by atoms with van der Waals surface area (Å²) < 4.78 is 12.2. The molecule has 35 heavy (non-hydrogen) atoms. The number of aryl methyl sites for hydroxylation is 1. The Labute approximate surface area is 211 Å². The number of carbonyl (C=O) groups excluding carboxylic acids is 1. The van der Waals surface area contributed by atoms with Crippen LogP contribution in [0.2, 0.25) is 0 Å². The third kappa shape index (κ3) is 5.14. The zero-order valence-electron chi connectivity index (χ0n) is 22.4. The molecule has 0 saturated heterocycles. The number of methoxy groups -OCH3 is 1. The van der Waals surface area contributed by atoms with Crippen molar-refractivity contribution in [3.8, 4) is 0 Å². The molecule has 0 amide bonds. The molecular formula is C31H44NO3+. The van der Waals surface area contributed by atoms with Crippen LogP contribution >= 0.6 is 0 Å². The van der Waals surface area contributed by atoms with Gasteiger partial charge in [-0.3, -0.25) is 4.79 Å². The fourth-order valence-corrected chi connectivity index (χ4v) is 7.51. The lowest BCUT2D eigenvalue weighted by molar-refractivity contribution is -0.917. The first-order chi connectivity index (χ1) is 16.6. The first kappa shape index (κ1) is 25.8. The number of rotatable bonds is 8. The molecule has 4 rings (SSSR count). The van der Waals surface area contributed by atoms with Crippen molar-refractivity contribution < 1.29 is 18.4 Å². The quantitative estimate of drug-likeness (QED) is 0.234. The van der Waals surface area contributed by atoms with Gasteiger partial charge in [-0.15, -0.1) is 0 Å². The van der Waals surface area contributed by atoms with Gasteiger partial charge in [-0.25, -0.2) is 0 Å². The molecule has 4 heteroatoms. The van der Waals surface area contributed by atoms with Crippen molar-refractivity contribution in [2.75, 3.05) is 21.2 Å². The van der Waals surface area contributed by atoms with Gasteiger partial charge in [0, 0.05) is 5.56 Å². The predicted octanol–water partition coefficient (Wildman–Crippen LogP) is 6.94. The van der Waals surface area contributed by atoms with Gasteiger partial charge < -0.3 is 13.6 Å². The maximum absolute atomic E-state index is 12.9. The Morgan fingerprint density at radius 1 is 1.14 bits per heavy atom. The Kier molecular flexibility index (Phi) is 7.33. The van der Waals surface area contributed by atoms with E-state index in [9.17, 15) is 4.79 Å². The van der Waals surface area contributed by atoms with E-state index in [2.05, 4.69) is 70.9 Å². The summed E-state index contributed by atoms with van der Waals surface area (Å²) in [7, 11) is 6.07. The van der Waals surface area contributed by atoms with E-state index in [1.807, 2.05) is 6.26 Å². The minimum atomic E-state index is -0.388. The van der Waals surface area contributed by atoms with Crippen LogP contribution < -0.4 is 0 Å². The van der Waals surface area contributed by atoms with Gasteiger partial charge in [-0.1, -0.05) is 55.8 Å². The summed E-state index contributed by atoms with van der Waals surface area (Å²) in [5.41, 5.74) is 3.72. The van der Waals surface area contributed by atoms with E-state index in [1.165, 1.54) is 23.8 Å². The lowest BCUT2D eigenvalue weighted by Gasteiger charge is -2.57. The topological polar surface area (TPSA) is 39.4 Å². The minimum Gasteiger partial charge on any atom is -0.469 e. The molecular weight excluding hydrogens is 434 g/mol. The van der Waals surface area contributed by atoms with Crippen LogP contribution in [0.25, 0.3) is 0 Å². The first-order valence-electron chi connectivity index (χ1n) is 13.3. The average molecular weight is 479 g/mol. The van der Waals surface area contributed by atoms with E-state index in [-0.39, 0.29) is 16.8 Å². The Bertz CT molecular complexity index is 1040. The molecule has 2 fully saturated rings. The van der Waals surface area contributed by atoms with Gasteiger partial charge in [0.15, 0.2) is 5.76 Å². The summed E-state index contributed by atoms with van der Waals surface area (Å²) in [6.07, 6.45) is 9.11. The largest absolute Gasteiger partial charge is 0.469 e. The Morgan fingerprint density at radius 3 is 2.60 bits per heavy atom. The number of carbonyl (C=O) groups is 1. The monoisotopic (exact) mass is 478 g/mol. The van der Waals surface area contributed by atoms with Gasteiger partial charge in [-0.05, 0) is 74.3 Å². The van der Waals surface area contributed by atoms with E-state index in [4.69, 9.17) is 9.15 Å². The summed E-state index contributed by atoms with van der Waals surface area (Å²) >= 11 is 0. The molecule has 0 aliphatic heterocycles. The summed E-state index contributed by atoms with van der Waals surface area (Å²) in [6, 6.07) is 12.8. The van der Waals surface area contributed by atoms with Crippen molar-refractivity contribution in [2.24, 2.45) is 22.7 Å². The van der Waals surface area contributed by atoms with Crippen LogP contribution in [-0.4, -0.2) is 31.7 Å². The third-order valence-electron chi connectivity index (χ3n) is 9.24. The van der Waals surface area contributed by atoms with Crippen molar-refractivity contribution >= 4 is 5.97 Å². The molecule has 1 heterocycles.